The van der Waals surface area contributed by atoms with Gasteiger partial charge in [-0.1, -0.05) is 48.2 Å². The topological polar surface area (TPSA) is 12.0 Å². The van der Waals surface area contributed by atoms with Gasteiger partial charge in [0.25, 0.3) is 0 Å². The lowest BCUT2D eigenvalue weighted by Gasteiger charge is -2.04. The number of hydrogen-bond donors (Lipinski definition) is 1. The van der Waals surface area contributed by atoms with Gasteiger partial charge in [-0.3, -0.25) is 0 Å². The van der Waals surface area contributed by atoms with Gasteiger partial charge in [-0.25, -0.2) is 0 Å². The Bertz CT molecular complexity index is 532. The van der Waals surface area contributed by atoms with Gasteiger partial charge in [0.05, 0.1) is 6.54 Å². The third-order valence-corrected chi connectivity index (χ3v) is 2.52. The van der Waals surface area contributed by atoms with Gasteiger partial charge in [0, 0.05) is 11.3 Å². The van der Waals surface area contributed by atoms with Gasteiger partial charge >= 0.3 is 0 Å². The quantitative estimate of drug-likeness (QED) is 0.766. The molecule has 0 saturated carbocycles. The van der Waals surface area contributed by atoms with Crippen molar-refractivity contribution in [3.63, 3.8) is 0 Å². The van der Waals surface area contributed by atoms with Crippen LogP contribution in [-0.2, 0) is 0 Å². The minimum Gasteiger partial charge on any atom is -0.374 e. The van der Waals surface area contributed by atoms with Crippen molar-refractivity contribution in [1.82, 2.24) is 0 Å². The second kappa shape index (κ2) is 5.77. The lowest BCUT2D eigenvalue weighted by molar-refractivity contribution is 1.33. The number of aryl methyl sites for hydroxylation is 1. The van der Waals surface area contributed by atoms with E-state index < -0.39 is 0 Å². The standard InChI is InChI=1S/C16H15N/c1-14-8-5-6-12-16(14)17-13-7-11-15-9-3-2-4-10-15/h2-6,8-10,12,17H,13H2,1H3. The normalized spacial score (nSPS) is 9.24. The van der Waals surface area contributed by atoms with Crippen molar-refractivity contribution in [3.8, 4) is 11.8 Å². The third-order valence-electron chi connectivity index (χ3n) is 2.52. The van der Waals surface area contributed by atoms with Crippen LogP contribution in [-0.4, -0.2) is 6.54 Å². The highest BCUT2D eigenvalue weighted by atomic mass is 14.9. The summed E-state index contributed by atoms with van der Waals surface area (Å²) >= 11 is 0. The zero-order valence-electron chi connectivity index (χ0n) is 9.90. The molecule has 0 saturated heterocycles. The van der Waals surface area contributed by atoms with Crippen molar-refractivity contribution in [2.24, 2.45) is 0 Å². The predicted molar refractivity (Wildman–Crippen MR) is 73.0 cm³/mol. The zero-order chi connectivity index (χ0) is 11.9. The Hall–Kier alpha value is -2.20. The Kier molecular flexibility index (Phi) is 3.83. The molecule has 0 aliphatic carbocycles. The van der Waals surface area contributed by atoms with Crippen LogP contribution in [0.4, 0.5) is 5.69 Å². The third kappa shape index (κ3) is 3.39. The van der Waals surface area contributed by atoms with Gasteiger partial charge in [0.2, 0.25) is 0 Å². The maximum Gasteiger partial charge on any atom is 0.0769 e. The smallest absolute Gasteiger partial charge is 0.0769 e. The lowest BCUT2D eigenvalue weighted by atomic mass is 10.2. The maximum absolute atomic E-state index is 3.31. The Morgan fingerprint density at radius 1 is 0.941 bits per heavy atom. The van der Waals surface area contributed by atoms with E-state index in [-0.39, 0.29) is 0 Å². The van der Waals surface area contributed by atoms with Crippen LogP contribution in [0.1, 0.15) is 11.1 Å². The van der Waals surface area contributed by atoms with Crippen LogP contribution in [0, 0.1) is 18.8 Å². The summed E-state index contributed by atoms with van der Waals surface area (Å²) in [4.78, 5) is 0. The molecule has 0 unspecified atom stereocenters. The Morgan fingerprint density at radius 3 is 2.41 bits per heavy atom. The van der Waals surface area contributed by atoms with Crippen LogP contribution < -0.4 is 5.32 Å². The second-order valence-corrected chi connectivity index (χ2v) is 3.84. The average Bonchev–Trinajstić information content (AvgIpc) is 2.38. The van der Waals surface area contributed by atoms with Gasteiger partial charge in [-0.2, -0.15) is 0 Å². The van der Waals surface area contributed by atoms with Crippen molar-refractivity contribution in [3.05, 3.63) is 65.7 Å². The molecule has 0 atom stereocenters. The van der Waals surface area contributed by atoms with Crippen molar-refractivity contribution < 1.29 is 0 Å². The first-order valence-corrected chi connectivity index (χ1v) is 5.70. The zero-order valence-corrected chi connectivity index (χ0v) is 9.90. The maximum atomic E-state index is 3.31. The van der Waals surface area contributed by atoms with Crippen molar-refractivity contribution >= 4 is 5.69 Å². The molecule has 2 aromatic carbocycles. The summed E-state index contributed by atoms with van der Waals surface area (Å²) in [6.45, 7) is 2.76. The molecular formula is C16H15N. The number of benzene rings is 2. The van der Waals surface area contributed by atoms with Gasteiger partial charge in [-0.15, -0.1) is 0 Å². The molecule has 0 aromatic heterocycles. The van der Waals surface area contributed by atoms with E-state index in [1.165, 1.54) is 5.56 Å². The molecule has 0 aliphatic heterocycles. The summed E-state index contributed by atoms with van der Waals surface area (Å²) in [5, 5.41) is 3.31. The van der Waals surface area contributed by atoms with E-state index in [1.54, 1.807) is 0 Å². The van der Waals surface area contributed by atoms with E-state index in [4.69, 9.17) is 0 Å². The SMILES string of the molecule is Cc1ccccc1NCC#Cc1ccccc1. The molecule has 0 amide bonds. The van der Waals surface area contributed by atoms with E-state index in [0.29, 0.717) is 6.54 Å². The molecule has 0 aliphatic rings. The Labute approximate surface area is 102 Å². The molecule has 0 heterocycles. The number of anilines is 1. The fourth-order valence-electron chi connectivity index (χ4n) is 1.58. The summed E-state index contributed by atoms with van der Waals surface area (Å²) in [7, 11) is 0. The van der Waals surface area contributed by atoms with Crippen LogP contribution in [0.15, 0.2) is 54.6 Å². The van der Waals surface area contributed by atoms with Crippen LogP contribution >= 0.6 is 0 Å². The molecule has 0 bridgehead atoms. The van der Waals surface area contributed by atoms with Gasteiger partial charge in [0.1, 0.15) is 0 Å². The first-order valence-electron chi connectivity index (χ1n) is 5.70. The largest absolute Gasteiger partial charge is 0.374 e. The molecule has 2 rings (SSSR count). The molecule has 1 heteroatoms. The Morgan fingerprint density at radius 2 is 1.65 bits per heavy atom. The number of para-hydroxylation sites is 1. The molecule has 1 N–H and O–H groups in total. The first-order chi connectivity index (χ1) is 8.36. The molecular weight excluding hydrogens is 206 g/mol. The first kappa shape index (κ1) is 11.3. The highest BCUT2D eigenvalue weighted by Gasteiger charge is 1.92. The van der Waals surface area contributed by atoms with Gasteiger partial charge in [-0.05, 0) is 30.7 Å². The van der Waals surface area contributed by atoms with Crippen molar-refractivity contribution in [2.45, 2.75) is 6.92 Å². The van der Waals surface area contributed by atoms with Gasteiger partial charge < -0.3 is 5.32 Å². The molecule has 84 valence electrons. The molecule has 2 aromatic rings. The number of hydrogen-bond acceptors (Lipinski definition) is 1. The minimum absolute atomic E-state index is 0.666. The van der Waals surface area contributed by atoms with E-state index >= 15 is 0 Å². The van der Waals surface area contributed by atoms with Crippen molar-refractivity contribution in [2.75, 3.05) is 11.9 Å². The molecule has 0 fully saturated rings. The van der Waals surface area contributed by atoms with E-state index in [9.17, 15) is 0 Å². The fourth-order valence-corrected chi connectivity index (χ4v) is 1.58. The average molecular weight is 221 g/mol. The van der Waals surface area contributed by atoms with E-state index in [0.717, 1.165) is 11.3 Å². The minimum atomic E-state index is 0.666. The van der Waals surface area contributed by atoms with Crippen molar-refractivity contribution in [1.29, 1.82) is 0 Å². The summed E-state index contributed by atoms with van der Waals surface area (Å²) in [6, 6.07) is 18.2. The summed E-state index contributed by atoms with van der Waals surface area (Å²) in [5.74, 6) is 6.24. The van der Waals surface area contributed by atoms with Crippen LogP contribution in [0.2, 0.25) is 0 Å². The monoisotopic (exact) mass is 221 g/mol. The highest BCUT2D eigenvalue weighted by Crippen LogP contribution is 2.12. The van der Waals surface area contributed by atoms with Crippen LogP contribution in [0.3, 0.4) is 0 Å². The molecule has 0 spiro atoms. The highest BCUT2D eigenvalue weighted by molar-refractivity contribution is 5.51. The molecule has 17 heavy (non-hydrogen) atoms. The van der Waals surface area contributed by atoms with E-state index in [2.05, 4.69) is 36.2 Å². The number of rotatable bonds is 2. The summed E-state index contributed by atoms with van der Waals surface area (Å²) in [5.41, 5.74) is 3.45. The lowest BCUT2D eigenvalue weighted by Crippen LogP contribution is -2.00. The summed E-state index contributed by atoms with van der Waals surface area (Å²) < 4.78 is 0. The number of nitrogens with one attached hydrogen (secondary N) is 1. The summed E-state index contributed by atoms with van der Waals surface area (Å²) in [6.07, 6.45) is 0. The molecule has 1 nitrogen and oxygen atoms in total. The predicted octanol–water partition coefficient (Wildman–Crippen LogP) is 3.46. The second-order valence-electron chi connectivity index (χ2n) is 3.84. The molecule has 0 radical (unpaired) electrons. The fraction of sp³-hybridized carbons (Fsp3) is 0.125. The van der Waals surface area contributed by atoms with E-state index in [1.807, 2.05) is 42.5 Å². The Balaban J connectivity index is 1.93. The van der Waals surface area contributed by atoms with Gasteiger partial charge in [0.15, 0.2) is 0 Å². The van der Waals surface area contributed by atoms with Crippen LogP contribution in [0.25, 0.3) is 0 Å². The van der Waals surface area contributed by atoms with Crippen LogP contribution in [0.5, 0.6) is 0 Å².